The van der Waals surface area contributed by atoms with E-state index in [2.05, 4.69) is 4.74 Å². The van der Waals surface area contributed by atoms with Crippen molar-refractivity contribution in [1.82, 2.24) is 0 Å². The Hall–Kier alpha value is -0.940. The van der Waals surface area contributed by atoms with Gasteiger partial charge in [-0.25, -0.2) is 4.79 Å². The zero-order valence-electron chi connectivity index (χ0n) is 8.74. The SMILES string of the molecule is CCOC(=O)[C@@](C=O)(CC)OCOC. The van der Waals surface area contributed by atoms with Crippen LogP contribution in [0.3, 0.4) is 0 Å². The first-order chi connectivity index (χ1) is 6.66. The maximum absolute atomic E-state index is 11.4. The van der Waals surface area contributed by atoms with E-state index in [4.69, 9.17) is 9.47 Å². The summed E-state index contributed by atoms with van der Waals surface area (Å²) in [5.74, 6) is -0.672. The predicted molar refractivity (Wildman–Crippen MR) is 48.7 cm³/mol. The van der Waals surface area contributed by atoms with Crippen molar-refractivity contribution >= 4 is 12.3 Å². The first kappa shape index (κ1) is 13.1. The summed E-state index contributed by atoms with van der Waals surface area (Å²) < 4.78 is 14.4. The van der Waals surface area contributed by atoms with Crippen molar-refractivity contribution in [2.24, 2.45) is 0 Å². The summed E-state index contributed by atoms with van der Waals surface area (Å²) in [5, 5.41) is 0. The van der Waals surface area contributed by atoms with Crippen molar-refractivity contribution < 1.29 is 23.8 Å². The summed E-state index contributed by atoms with van der Waals surface area (Å²) in [6, 6.07) is 0. The fraction of sp³-hybridized carbons (Fsp3) is 0.778. The second-order valence-corrected chi connectivity index (χ2v) is 2.63. The van der Waals surface area contributed by atoms with Gasteiger partial charge in [0.2, 0.25) is 5.60 Å². The molecular formula is C9H16O5. The molecule has 0 radical (unpaired) electrons. The second-order valence-electron chi connectivity index (χ2n) is 2.63. The van der Waals surface area contributed by atoms with Crippen LogP contribution in [-0.2, 0) is 23.8 Å². The average Bonchev–Trinajstić information content (AvgIpc) is 2.21. The lowest BCUT2D eigenvalue weighted by Gasteiger charge is -2.23. The smallest absolute Gasteiger partial charge is 0.346 e. The molecule has 0 fully saturated rings. The molecule has 0 heterocycles. The van der Waals surface area contributed by atoms with Crippen LogP contribution in [0.2, 0.25) is 0 Å². The number of ether oxygens (including phenoxy) is 3. The first-order valence-electron chi connectivity index (χ1n) is 4.43. The van der Waals surface area contributed by atoms with Crippen LogP contribution < -0.4 is 0 Å². The van der Waals surface area contributed by atoms with Gasteiger partial charge in [0, 0.05) is 7.11 Å². The molecule has 0 bridgehead atoms. The van der Waals surface area contributed by atoms with Crippen molar-refractivity contribution in [2.45, 2.75) is 25.9 Å². The minimum absolute atomic E-state index is 0.120. The summed E-state index contributed by atoms with van der Waals surface area (Å²) in [4.78, 5) is 22.2. The van der Waals surface area contributed by atoms with E-state index < -0.39 is 11.6 Å². The topological polar surface area (TPSA) is 61.8 Å². The number of carbonyl (C=O) groups is 2. The maximum Gasteiger partial charge on any atom is 0.346 e. The largest absolute Gasteiger partial charge is 0.464 e. The first-order valence-corrected chi connectivity index (χ1v) is 4.43. The molecule has 0 N–H and O–H groups in total. The van der Waals surface area contributed by atoms with Crippen molar-refractivity contribution in [3.63, 3.8) is 0 Å². The third kappa shape index (κ3) is 3.08. The van der Waals surface area contributed by atoms with E-state index in [1.807, 2.05) is 0 Å². The molecule has 5 heteroatoms. The van der Waals surface area contributed by atoms with E-state index in [1.54, 1.807) is 13.8 Å². The Morgan fingerprint density at radius 2 is 2.07 bits per heavy atom. The Bertz CT molecular complexity index is 192. The number of methoxy groups -OCH3 is 1. The molecule has 0 aromatic heterocycles. The van der Waals surface area contributed by atoms with E-state index in [0.717, 1.165) is 0 Å². The van der Waals surface area contributed by atoms with Crippen molar-refractivity contribution in [3.05, 3.63) is 0 Å². The molecule has 14 heavy (non-hydrogen) atoms. The third-order valence-corrected chi connectivity index (χ3v) is 1.77. The Balaban J connectivity index is 4.50. The van der Waals surface area contributed by atoms with Gasteiger partial charge in [-0.05, 0) is 13.3 Å². The summed E-state index contributed by atoms with van der Waals surface area (Å²) in [6.07, 6.45) is 0.669. The van der Waals surface area contributed by atoms with E-state index >= 15 is 0 Å². The lowest BCUT2D eigenvalue weighted by molar-refractivity contribution is -0.186. The van der Waals surface area contributed by atoms with Gasteiger partial charge in [0.05, 0.1) is 6.61 Å². The summed E-state index contributed by atoms with van der Waals surface area (Å²) in [6.45, 7) is 3.43. The molecule has 0 rings (SSSR count). The van der Waals surface area contributed by atoms with E-state index in [9.17, 15) is 9.59 Å². The Morgan fingerprint density at radius 3 is 2.43 bits per heavy atom. The fourth-order valence-corrected chi connectivity index (χ4v) is 0.888. The maximum atomic E-state index is 11.4. The summed E-state index contributed by atoms with van der Waals surface area (Å²) >= 11 is 0. The number of hydrogen-bond donors (Lipinski definition) is 0. The van der Waals surface area contributed by atoms with Crippen LogP contribution in [0.15, 0.2) is 0 Å². The Morgan fingerprint density at radius 1 is 1.43 bits per heavy atom. The molecule has 0 saturated carbocycles. The monoisotopic (exact) mass is 204 g/mol. The molecule has 0 saturated heterocycles. The van der Waals surface area contributed by atoms with Crippen molar-refractivity contribution in [3.8, 4) is 0 Å². The van der Waals surface area contributed by atoms with Gasteiger partial charge in [0.15, 0.2) is 6.29 Å². The molecule has 0 aliphatic carbocycles. The third-order valence-electron chi connectivity index (χ3n) is 1.77. The summed E-state index contributed by atoms with van der Waals surface area (Å²) in [5.41, 5.74) is -1.52. The van der Waals surface area contributed by atoms with Gasteiger partial charge in [-0.15, -0.1) is 0 Å². The molecular weight excluding hydrogens is 188 g/mol. The molecule has 0 amide bonds. The van der Waals surface area contributed by atoms with Crippen LogP contribution in [0, 0.1) is 0 Å². The van der Waals surface area contributed by atoms with E-state index in [-0.39, 0.29) is 19.8 Å². The van der Waals surface area contributed by atoms with Gasteiger partial charge in [-0.1, -0.05) is 6.92 Å². The predicted octanol–water partition coefficient (Wildman–Crippen LogP) is 0.518. The number of carbonyl (C=O) groups excluding carboxylic acids is 2. The molecule has 0 spiro atoms. The Labute approximate surface area is 83.3 Å². The quantitative estimate of drug-likeness (QED) is 0.262. The summed E-state index contributed by atoms with van der Waals surface area (Å²) in [7, 11) is 1.41. The van der Waals surface area contributed by atoms with Gasteiger partial charge in [-0.3, -0.25) is 4.79 Å². The standard InChI is InChI=1S/C9H16O5/c1-4-9(6-10,14-7-12-3)8(11)13-5-2/h6H,4-5,7H2,1-3H3/t9-/m0/s1. The van der Waals surface area contributed by atoms with Crippen LogP contribution >= 0.6 is 0 Å². The lowest BCUT2D eigenvalue weighted by Crippen LogP contribution is -2.44. The number of aldehydes is 1. The second kappa shape index (κ2) is 6.50. The highest BCUT2D eigenvalue weighted by Gasteiger charge is 2.39. The molecule has 0 aliphatic rings. The van der Waals surface area contributed by atoms with Crippen molar-refractivity contribution in [1.29, 1.82) is 0 Å². The zero-order chi connectivity index (χ0) is 11.0. The van der Waals surface area contributed by atoms with E-state index in [1.165, 1.54) is 7.11 Å². The van der Waals surface area contributed by atoms with Gasteiger partial charge < -0.3 is 14.2 Å². The lowest BCUT2D eigenvalue weighted by atomic mass is 10.0. The van der Waals surface area contributed by atoms with Gasteiger partial charge in [0.1, 0.15) is 6.79 Å². The average molecular weight is 204 g/mol. The minimum Gasteiger partial charge on any atom is -0.464 e. The highest BCUT2D eigenvalue weighted by Crippen LogP contribution is 2.15. The van der Waals surface area contributed by atoms with Gasteiger partial charge in [0.25, 0.3) is 0 Å². The van der Waals surface area contributed by atoms with Crippen LogP contribution in [0.4, 0.5) is 0 Å². The van der Waals surface area contributed by atoms with Crippen molar-refractivity contribution in [2.75, 3.05) is 20.5 Å². The van der Waals surface area contributed by atoms with Crippen LogP contribution in [0.25, 0.3) is 0 Å². The zero-order valence-corrected chi connectivity index (χ0v) is 8.74. The van der Waals surface area contributed by atoms with Gasteiger partial charge >= 0.3 is 5.97 Å². The highest BCUT2D eigenvalue weighted by molar-refractivity contribution is 5.96. The van der Waals surface area contributed by atoms with Crippen LogP contribution in [-0.4, -0.2) is 38.4 Å². The number of rotatable bonds is 7. The van der Waals surface area contributed by atoms with Crippen LogP contribution in [0.1, 0.15) is 20.3 Å². The van der Waals surface area contributed by atoms with Crippen LogP contribution in [0.5, 0.6) is 0 Å². The molecule has 0 aromatic rings. The molecule has 0 aliphatic heterocycles. The number of hydrogen-bond acceptors (Lipinski definition) is 5. The molecule has 1 atom stereocenters. The van der Waals surface area contributed by atoms with E-state index in [0.29, 0.717) is 6.29 Å². The molecule has 0 unspecified atom stereocenters. The molecule has 82 valence electrons. The van der Waals surface area contributed by atoms with Gasteiger partial charge in [-0.2, -0.15) is 0 Å². The fourth-order valence-electron chi connectivity index (χ4n) is 0.888. The number of esters is 1. The molecule has 0 aromatic carbocycles. The highest BCUT2D eigenvalue weighted by atomic mass is 16.7. The molecule has 5 nitrogen and oxygen atoms in total. The normalized spacial score (nSPS) is 14.5. The Kier molecular flexibility index (Phi) is 6.07. The minimum atomic E-state index is -1.52.